The first-order valence-corrected chi connectivity index (χ1v) is 14.3. The largest absolute Gasteiger partial charge is 0.484 e. The van der Waals surface area contributed by atoms with Crippen LogP contribution in [0.1, 0.15) is 12.0 Å². The molecule has 218 valence electrons. The standard InChI is InChI=1S/C27H23ClF3NO8S/c28-21-12-17(38-15-26(29,30)31)8-9-23(21)41(36,37)18-13-22(24(33)34)32(14-18)25(35)27(39-10-11-40-27)20-7-3-5-16-4-1-2-6-19(16)20/h1-9,12,18,22H,10-11,13-15H2,(H,33,34)/t18-,22+/m1/s1. The third kappa shape index (κ3) is 5.46. The Morgan fingerprint density at radius 3 is 2.41 bits per heavy atom. The molecule has 0 spiro atoms. The molecule has 0 unspecified atom stereocenters. The van der Waals surface area contributed by atoms with Crippen molar-refractivity contribution in [2.24, 2.45) is 0 Å². The number of fused-ring (bicyclic) bond motifs is 1. The summed E-state index contributed by atoms with van der Waals surface area (Å²) < 4.78 is 80.9. The van der Waals surface area contributed by atoms with Gasteiger partial charge >= 0.3 is 12.1 Å². The average Bonchev–Trinajstić information content (AvgIpc) is 3.60. The van der Waals surface area contributed by atoms with Crippen molar-refractivity contribution >= 4 is 44.1 Å². The van der Waals surface area contributed by atoms with Gasteiger partial charge in [0.25, 0.3) is 11.7 Å². The summed E-state index contributed by atoms with van der Waals surface area (Å²) in [6.07, 6.45) is -5.07. The van der Waals surface area contributed by atoms with Crippen molar-refractivity contribution in [1.82, 2.24) is 4.90 Å². The first kappa shape index (κ1) is 29.1. The van der Waals surface area contributed by atoms with Crippen LogP contribution in [0.4, 0.5) is 13.2 Å². The first-order valence-electron chi connectivity index (χ1n) is 12.4. The van der Waals surface area contributed by atoms with Crippen molar-refractivity contribution in [2.75, 3.05) is 26.4 Å². The molecule has 1 amide bonds. The molecule has 9 nitrogen and oxygen atoms in total. The summed E-state index contributed by atoms with van der Waals surface area (Å²) in [5.74, 6) is -4.59. The van der Waals surface area contributed by atoms with E-state index in [-0.39, 0.29) is 19.0 Å². The Morgan fingerprint density at radius 2 is 1.76 bits per heavy atom. The predicted octanol–water partition coefficient (Wildman–Crippen LogP) is 4.16. The number of likely N-dealkylation sites (tertiary alicyclic amines) is 1. The monoisotopic (exact) mass is 613 g/mol. The van der Waals surface area contributed by atoms with Gasteiger partial charge in [-0.1, -0.05) is 54.1 Å². The normalized spacial score (nSPS) is 20.8. The Morgan fingerprint density at radius 1 is 1.07 bits per heavy atom. The lowest BCUT2D eigenvalue weighted by molar-refractivity contribution is -0.199. The fraction of sp³-hybridized carbons (Fsp3) is 0.333. The molecule has 0 saturated carbocycles. The highest BCUT2D eigenvalue weighted by molar-refractivity contribution is 7.92. The van der Waals surface area contributed by atoms with Crippen LogP contribution >= 0.6 is 11.6 Å². The van der Waals surface area contributed by atoms with Crippen LogP contribution in [0.5, 0.6) is 5.75 Å². The Hall–Kier alpha value is -3.39. The zero-order valence-electron chi connectivity index (χ0n) is 21.1. The number of carbonyl (C=O) groups is 2. The SMILES string of the molecule is O=C(O)[C@@H]1C[C@@H](S(=O)(=O)c2ccc(OCC(F)(F)F)cc2Cl)CN1C(=O)C1(c2cccc3ccccc23)OCCO1. The van der Waals surface area contributed by atoms with Gasteiger partial charge in [0, 0.05) is 18.2 Å². The highest BCUT2D eigenvalue weighted by Crippen LogP contribution is 2.41. The maximum atomic E-state index is 14.1. The van der Waals surface area contributed by atoms with Gasteiger partial charge in [-0.25, -0.2) is 13.2 Å². The molecule has 2 aliphatic rings. The number of carboxylic acids is 1. The fourth-order valence-corrected chi connectivity index (χ4v) is 7.37. The van der Waals surface area contributed by atoms with Gasteiger partial charge in [0.15, 0.2) is 16.4 Å². The number of amides is 1. The number of nitrogens with zero attached hydrogens (tertiary/aromatic N) is 1. The maximum Gasteiger partial charge on any atom is 0.422 e. The van der Waals surface area contributed by atoms with Gasteiger partial charge in [0.1, 0.15) is 11.8 Å². The Labute approximate surface area is 237 Å². The molecule has 0 aromatic heterocycles. The Balaban J connectivity index is 1.47. The summed E-state index contributed by atoms with van der Waals surface area (Å²) in [6, 6.07) is 13.7. The van der Waals surface area contributed by atoms with Gasteiger partial charge in [0.05, 0.1) is 28.4 Å². The highest BCUT2D eigenvalue weighted by atomic mass is 35.5. The lowest BCUT2D eigenvalue weighted by Crippen LogP contribution is -2.52. The third-order valence-electron chi connectivity index (χ3n) is 6.98. The molecular formula is C27H23ClF3NO8S. The predicted molar refractivity (Wildman–Crippen MR) is 139 cm³/mol. The maximum absolute atomic E-state index is 14.1. The van der Waals surface area contributed by atoms with Gasteiger partial charge in [0.2, 0.25) is 0 Å². The molecular weight excluding hydrogens is 591 g/mol. The number of benzene rings is 3. The molecule has 2 saturated heterocycles. The molecule has 0 aliphatic carbocycles. The van der Waals surface area contributed by atoms with Crippen LogP contribution < -0.4 is 4.74 Å². The second kappa shape index (κ2) is 10.8. The summed E-state index contributed by atoms with van der Waals surface area (Å²) in [5.41, 5.74) is 0.353. The minimum Gasteiger partial charge on any atom is -0.484 e. The van der Waals surface area contributed by atoms with Gasteiger partial charge in [-0.3, -0.25) is 4.79 Å². The molecule has 2 atom stereocenters. The number of aliphatic carboxylic acids is 1. The zero-order chi connectivity index (χ0) is 29.6. The van der Waals surface area contributed by atoms with E-state index in [1.165, 1.54) is 0 Å². The van der Waals surface area contributed by atoms with E-state index >= 15 is 0 Å². The molecule has 2 heterocycles. The first-order chi connectivity index (χ1) is 19.3. The van der Waals surface area contributed by atoms with Crippen molar-refractivity contribution in [3.05, 3.63) is 71.2 Å². The number of ether oxygens (including phenoxy) is 3. The van der Waals surface area contributed by atoms with Crippen LogP contribution in [0.2, 0.25) is 5.02 Å². The van der Waals surface area contributed by atoms with E-state index in [0.717, 1.165) is 28.5 Å². The molecule has 3 aromatic rings. The number of hydrogen-bond donors (Lipinski definition) is 1. The van der Waals surface area contributed by atoms with Crippen LogP contribution in [-0.4, -0.2) is 74.1 Å². The minimum absolute atomic E-state index is 0.0423. The van der Waals surface area contributed by atoms with Gasteiger partial charge < -0.3 is 24.2 Å². The average molecular weight is 614 g/mol. The minimum atomic E-state index is -4.61. The molecule has 14 heteroatoms. The van der Waals surface area contributed by atoms with Crippen LogP contribution in [-0.2, 0) is 34.7 Å². The van der Waals surface area contributed by atoms with Crippen molar-refractivity contribution in [1.29, 1.82) is 0 Å². The zero-order valence-corrected chi connectivity index (χ0v) is 22.7. The van der Waals surface area contributed by atoms with Crippen molar-refractivity contribution < 1.29 is 50.5 Å². The molecule has 0 bridgehead atoms. The van der Waals surface area contributed by atoms with E-state index in [4.69, 9.17) is 21.1 Å². The van der Waals surface area contributed by atoms with E-state index < -0.39 is 74.5 Å². The van der Waals surface area contributed by atoms with E-state index in [0.29, 0.717) is 10.9 Å². The van der Waals surface area contributed by atoms with Crippen LogP contribution in [0.15, 0.2) is 65.6 Å². The fourth-order valence-electron chi connectivity index (χ4n) is 5.14. The molecule has 41 heavy (non-hydrogen) atoms. The number of halogens is 4. The number of hydrogen-bond acceptors (Lipinski definition) is 7. The molecule has 3 aromatic carbocycles. The van der Waals surface area contributed by atoms with Crippen molar-refractivity contribution in [2.45, 2.75) is 34.6 Å². The van der Waals surface area contributed by atoms with Crippen LogP contribution in [0.25, 0.3) is 10.8 Å². The quantitative estimate of drug-likeness (QED) is 0.422. The van der Waals surface area contributed by atoms with E-state index in [1.54, 1.807) is 24.3 Å². The summed E-state index contributed by atoms with van der Waals surface area (Å²) in [7, 11) is -4.35. The number of alkyl halides is 3. The summed E-state index contributed by atoms with van der Waals surface area (Å²) >= 11 is 6.12. The Bertz CT molecular complexity index is 1600. The number of carbonyl (C=O) groups excluding carboxylic acids is 1. The summed E-state index contributed by atoms with van der Waals surface area (Å²) in [6.45, 7) is -2.03. The second-order valence-corrected chi connectivity index (χ2v) is 12.2. The smallest absolute Gasteiger partial charge is 0.422 e. The Kier molecular flexibility index (Phi) is 7.66. The van der Waals surface area contributed by atoms with E-state index in [9.17, 15) is 36.3 Å². The second-order valence-electron chi connectivity index (χ2n) is 9.55. The molecule has 2 aliphatic heterocycles. The van der Waals surface area contributed by atoms with Crippen molar-refractivity contribution in [3.8, 4) is 5.75 Å². The van der Waals surface area contributed by atoms with Gasteiger partial charge in [-0.15, -0.1) is 0 Å². The van der Waals surface area contributed by atoms with Crippen LogP contribution in [0.3, 0.4) is 0 Å². The van der Waals surface area contributed by atoms with Gasteiger partial charge in [-0.2, -0.15) is 13.2 Å². The molecule has 1 N–H and O–H groups in total. The van der Waals surface area contributed by atoms with Crippen molar-refractivity contribution in [3.63, 3.8) is 0 Å². The number of sulfone groups is 1. The van der Waals surface area contributed by atoms with E-state index in [1.807, 2.05) is 18.2 Å². The van der Waals surface area contributed by atoms with E-state index in [2.05, 4.69) is 4.74 Å². The number of carboxylic acid groups (broad SMARTS) is 1. The lowest BCUT2D eigenvalue weighted by Gasteiger charge is -2.33. The lowest BCUT2D eigenvalue weighted by atomic mass is 9.96. The molecule has 2 fully saturated rings. The van der Waals surface area contributed by atoms with Crippen LogP contribution in [0, 0.1) is 0 Å². The topological polar surface area (TPSA) is 119 Å². The third-order valence-corrected chi connectivity index (χ3v) is 9.59. The molecule has 5 rings (SSSR count). The summed E-state index contributed by atoms with van der Waals surface area (Å²) in [4.78, 5) is 26.8. The highest BCUT2D eigenvalue weighted by Gasteiger charge is 2.55. The number of rotatable bonds is 7. The molecule has 0 radical (unpaired) electrons. The van der Waals surface area contributed by atoms with Gasteiger partial charge in [-0.05, 0) is 29.3 Å². The summed E-state index contributed by atoms with van der Waals surface area (Å²) in [5, 5.41) is 9.59.